The van der Waals surface area contributed by atoms with Gasteiger partial charge in [0.1, 0.15) is 0 Å². The van der Waals surface area contributed by atoms with E-state index in [0.717, 1.165) is 13.1 Å². The van der Waals surface area contributed by atoms with Gasteiger partial charge in [-0.3, -0.25) is 0 Å². The molecule has 0 atom stereocenters. The van der Waals surface area contributed by atoms with Crippen LogP contribution in [0.3, 0.4) is 0 Å². The zero-order valence-corrected chi connectivity index (χ0v) is 7.26. The predicted octanol–water partition coefficient (Wildman–Crippen LogP) is 0.801. The minimum absolute atomic E-state index is 0.0272. The maximum Gasteiger partial charge on any atom is 0.441 e. The molecule has 1 aliphatic heterocycles. The third kappa shape index (κ3) is 4.18. The lowest BCUT2D eigenvalue weighted by molar-refractivity contribution is -0.0327. The van der Waals surface area contributed by atoms with Crippen molar-refractivity contribution in [2.75, 3.05) is 25.4 Å². The molecule has 6 heteroatoms. The first kappa shape index (κ1) is 10.1. The highest BCUT2D eigenvalue weighted by Gasteiger charge is 2.27. The quantitative estimate of drug-likeness (QED) is 0.656. The van der Waals surface area contributed by atoms with Gasteiger partial charge < -0.3 is 10.6 Å². The summed E-state index contributed by atoms with van der Waals surface area (Å²) in [4.78, 5) is 0. The molecule has 1 aliphatic rings. The summed E-state index contributed by atoms with van der Waals surface area (Å²) in [7, 11) is 0. The van der Waals surface area contributed by atoms with Gasteiger partial charge in [-0.2, -0.15) is 13.2 Å². The molecule has 2 N–H and O–H groups in total. The first-order valence-electron chi connectivity index (χ1n) is 3.73. The predicted molar refractivity (Wildman–Crippen MR) is 43.2 cm³/mol. The average Bonchev–Trinajstić information content (AvgIpc) is 1.80. The van der Waals surface area contributed by atoms with Crippen molar-refractivity contribution in [1.29, 1.82) is 0 Å². The van der Waals surface area contributed by atoms with Crippen LogP contribution in [0.4, 0.5) is 13.2 Å². The maximum absolute atomic E-state index is 11.6. The first-order chi connectivity index (χ1) is 5.58. The van der Waals surface area contributed by atoms with Crippen LogP contribution in [0, 0.1) is 0 Å². The van der Waals surface area contributed by atoms with Crippen molar-refractivity contribution >= 4 is 11.8 Å². The number of halogens is 3. The Balaban J connectivity index is 1.88. The monoisotopic (exact) mass is 200 g/mol. The van der Waals surface area contributed by atoms with E-state index >= 15 is 0 Å². The highest BCUT2D eigenvalue weighted by Crippen LogP contribution is 2.29. The third-order valence-electron chi connectivity index (χ3n) is 1.58. The van der Waals surface area contributed by atoms with Crippen LogP contribution in [0.25, 0.3) is 0 Å². The van der Waals surface area contributed by atoms with E-state index in [0.29, 0.717) is 12.6 Å². The zero-order valence-electron chi connectivity index (χ0n) is 6.45. The van der Waals surface area contributed by atoms with Crippen LogP contribution in [-0.2, 0) is 0 Å². The summed E-state index contributed by atoms with van der Waals surface area (Å²) >= 11 is 0.0272. The van der Waals surface area contributed by atoms with Crippen LogP contribution < -0.4 is 10.6 Å². The molecule has 0 aromatic carbocycles. The topological polar surface area (TPSA) is 24.1 Å². The van der Waals surface area contributed by atoms with Gasteiger partial charge in [0.2, 0.25) is 0 Å². The highest BCUT2D eigenvalue weighted by atomic mass is 32.2. The molecule has 1 saturated heterocycles. The van der Waals surface area contributed by atoms with Crippen LogP contribution in [-0.4, -0.2) is 36.9 Å². The van der Waals surface area contributed by atoms with Gasteiger partial charge in [0.05, 0.1) is 0 Å². The second kappa shape index (κ2) is 4.34. The molecule has 0 aliphatic carbocycles. The Kier molecular flexibility index (Phi) is 3.67. The van der Waals surface area contributed by atoms with E-state index in [9.17, 15) is 13.2 Å². The summed E-state index contributed by atoms with van der Waals surface area (Å²) in [6.45, 7) is 2.17. The van der Waals surface area contributed by atoms with E-state index in [2.05, 4.69) is 10.6 Å². The van der Waals surface area contributed by atoms with Crippen molar-refractivity contribution < 1.29 is 13.2 Å². The van der Waals surface area contributed by atoms with E-state index in [4.69, 9.17) is 0 Å². The lowest BCUT2D eigenvalue weighted by Crippen LogP contribution is -2.55. The van der Waals surface area contributed by atoms with Gasteiger partial charge >= 0.3 is 5.51 Å². The fourth-order valence-corrected chi connectivity index (χ4v) is 1.31. The molecule has 1 heterocycles. The Morgan fingerprint density at radius 2 is 2.08 bits per heavy atom. The molecule has 0 bridgehead atoms. The van der Waals surface area contributed by atoms with Crippen molar-refractivity contribution in [3.05, 3.63) is 0 Å². The van der Waals surface area contributed by atoms with Gasteiger partial charge in [-0.15, -0.1) is 0 Å². The molecule has 0 saturated carbocycles. The Labute approximate surface area is 73.3 Å². The van der Waals surface area contributed by atoms with Crippen LogP contribution >= 0.6 is 11.8 Å². The van der Waals surface area contributed by atoms with Crippen molar-refractivity contribution in [3.8, 4) is 0 Å². The van der Waals surface area contributed by atoms with Crippen LogP contribution in [0.1, 0.15) is 0 Å². The van der Waals surface area contributed by atoms with Crippen LogP contribution in [0.2, 0.25) is 0 Å². The lowest BCUT2D eigenvalue weighted by atomic mass is 10.2. The second-order valence-corrected chi connectivity index (χ2v) is 3.76. The van der Waals surface area contributed by atoms with Gasteiger partial charge in [0.15, 0.2) is 0 Å². The molecule has 0 radical (unpaired) electrons. The Hall–Kier alpha value is 0.0600. The zero-order chi connectivity index (χ0) is 9.03. The number of hydrogen-bond acceptors (Lipinski definition) is 3. The summed E-state index contributed by atoms with van der Waals surface area (Å²) < 4.78 is 34.8. The fraction of sp³-hybridized carbons (Fsp3) is 1.00. The summed E-state index contributed by atoms with van der Waals surface area (Å²) in [6, 6.07) is 0.374. The third-order valence-corrected chi connectivity index (χ3v) is 2.32. The molecule has 1 rings (SSSR count). The SMILES string of the molecule is FC(F)(F)SCCNC1CNC1. The molecule has 72 valence electrons. The van der Waals surface area contributed by atoms with Gasteiger partial charge in [-0.05, 0) is 11.8 Å². The van der Waals surface area contributed by atoms with E-state index in [1.54, 1.807) is 0 Å². The summed E-state index contributed by atoms with van der Waals surface area (Å²) in [6.07, 6.45) is 0. The largest absolute Gasteiger partial charge is 0.441 e. The number of thioether (sulfide) groups is 1. The van der Waals surface area contributed by atoms with E-state index < -0.39 is 5.51 Å². The fourth-order valence-electron chi connectivity index (χ4n) is 0.863. The highest BCUT2D eigenvalue weighted by molar-refractivity contribution is 8.00. The molecule has 2 nitrogen and oxygen atoms in total. The standard InChI is InChI=1S/C6H11F3N2S/c7-6(8,9)12-2-1-11-5-3-10-4-5/h5,10-11H,1-4H2. The molecule has 0 spiro atoms. The molecule has 0 aromatic heterocycles. The molecule has 0 amide bonds. The number of rotatable bonds is 4. The minimum Gasteiger partial charge on any atom is -0.314 e. The van der Waals surface area contributed by atoms with Gasteiger partial charge in [0.25, 0.3) is 0 Å². The molecular weight excluding hydrogens is 189 g/mol. The molecule has 1 fully saturated rings. The smallest absolute Gasteiger partial charge is 0.314 e. The summed E-state index contributed by atoms with van der Waals surface area (Å²) in [5.74, 6) is 0.0972. The van der Waals surface area contributed by atoms with Gasteiger partial charge in [-0.1, -0.05) is 0 Å². The minimum atomic E-state index is -4.08. The second-order valence-electron chi connectivity index (χ2n) is 2.60. The molecular formula is C6H11F3N2S. The summed E-state index contributed by atoms with van der Waals surface area (Å²) in [5.41, 5.74) is -4.08. The number of nitrogens with one attached hydrogen (secondary N) is 2. The van der Waals surface area contributed by atoms with Crippen molar-refractivity contribution in [1.82, 2.24) is 10.6 Å². The van der Waals surface area contributed by atoms with Crippen LogP contribution in [0.5, 0.6) is 0 Å². The van der Waals surface area contributed by atoms with E-state index in [-0.39, 0.29) is 17.5 Å². The summed E-state index contributed by atoms with van der Waals surface area (Å²) in [5, 5.41) is 6.04. The Bertz CT molecular complexity index is 135. The van der Waals surface area contributed by atoms with Gasteiger partial charge in [0, 0.05) is 31.4 Å². The Morgan fingerprint density at radius 1 is 1.42 bits per heavy atom. The Morgan fingerprint density at radius 3 is 2.50 bits per heavy atom. The first-order valence-corrected chi connectivity index (χ1v) is 4.71. The van der Waals surface area contributed by atoms with Crippen molar-refractivity contribution in [3.63, 3.8) is 0 Å². The molecule has 12 heavy (non-hydrogen) atoms. The van der Waals surface area contributed by atoms with Gasteiger partial charge in [-0.25, -0.2) is 0 Å². The number of alkyl halides is 3. The van der Waals surface area contributed by atoms with Crippen molar-refractivity contribution in [2.24, 2.45) is 0 Å². The van der Waals surface area contributed by atoms with Crippen molar-refractivity contribution in [2.45, 2.75) is 11.6 Å². The maximum atomic E-state index is 11.6. The van der Waals surface area contributed by atoms with E-state index in [1.165, 1.54) is 0 Å². The van der Waals surface area contributed by atoms with E-state index in [1.807, 2.05) is 0 Å². The average molecular weight is 200 g/mol. The normalized spacial score (nSPS) is 19.2. The lowest BCUT2D eigenvalue weighted by Gasteiger charge is -2.28. The van der Waals surface area contributed by atoms with Crippen LogP contribution in [0.15, 0.2) is 0 Å². The number of hydrogen-bond donors (Lipinski definition) is 2. The molecule has 0 unspecified atom stereocenters. The molecule has 0 aromatic rings.